The van der Waals surface area contributed by atoms with Gasteiger partial charge in [0.05, 0.1) is 24.1 Å². The van der Waals surface area contributed by atoms with Crippen molar-refractivity contribution in [3.05, 3.63) is 83.2 Å². The Morgan fingerprint density at radius 1 is 1.21 bits per heavy atom. The van der Waals surface area contributed by atoms with Crippen LogP contribution in [0.5, 0.6) is 0 Å². The molecule has 6 nitrogen and oxygen atoms in total. The normalized spacial score (nSPS) is 15.7. The van der Waals surface area contributed by atoms with E-state index in [0.29, 0.717) is 23.4 Å². The van der Waals surface area contributed by atoms with Crippen molar-refractivity contribution in [2.24, 2.45) is 0 Å². The lowest BCUT2D eigenvalue weighted by atomic mass is 9.89. The van der Waals surface area contributed by atoms with Crippen molar-refractivity contribution in [2.45, 2.75) is 25.4 Å². The molecular formula is C24H22F3N3O3. The zero-order chi connectivity index (χ0) is 23.4. The summed E-state index contributed by atoms with van der Waals surface area (Å²) in [6, 6.07) is 14.1. The Hall–Kier alpha value is -3.43. The summed E-state index contributed by atoms with van der Waals surface area (Å²) in [4.78, 5) is 15.4. The number of carboxylic acid groups (broad SMARTS) is 1. The van der Waals surface area contributed by atoms with Gasteiger partial charge >= 0.3 is 12.3 Å². The van der Waals surface area contributed by atoms with Gasteiger partial charge in [-0.15, -0.1) is 13.2 Å². The van der Waals surface area contributed by atoms with Gasteiger partial charge in [-0.25, -0.2) is 4.79 Å². The summed E-state index contributed by atoms with van der Waals surface area (Å²) in [5, 5.41) is 15.9. The van der Waals surface area contributed by atoms with Crippen molar-refractivity contribution in [1.29, 1.82) is 0 Å². The first-order chi connectivity index (χ1) is 15.8. The number of anilines is 1. The number of nitrogens with one attached hydrogen (secondary N) is 2. The van der Waals surface area contributed by atoms with Crippen LogP contribution in [0, 0.1) is 0 Å². The van der Waals surface area contributed by atoms with Crippen LogP contribution in [-0.4, -0.2) is 35.5 Å². The van der Waals surface area contributed by atoms with Gasteiger partial charge in [0.15, 0.2) is 0 Å². The third-order valence-corrected chi connectivity index (χ3v) is 5.57. The molecule has 3 N–H and O–H groups in total. The number of carboxylic acids is 1. The van der Waals surface area contributed by atoms with Gasteiger partial charge in [0.2, 0.25) is 0 Å². The van der Waals surface area contributed by atoms with Crippen molar-refractivity contribution in [1.82, 2.24) is 10.3 Å². The zero-order valence-electron chi connectivity index (χ0n) is 17.5. The predicted octanol–water partition coefficient (Wildman–Crippen LogP) is 4.78. The smallest absolute Gasteiger partial charge is 0.478 e. The highest BCUT2D eigenvalue weighted by Gasteiger charge is 2.29. The van der Waals surface area contributed by atoms with Gasteiger partial charge in [-0.3, -0.25) is 9.72 Å². The van der Waals surface area contributed by atoms with E-state index in [9.17, 15) is 23.1 Å². The number of fused-ring (bicyclic) bond motifs is 1. The molecule has 0 spiro atoms. The summed E-state index contributed by atoms with van der Waals surface area (Å²) >= 11 is 0. The minimum Gasteiger partial charge on any atom is -0.478 e. The van der Waals surface area contributed by atoms with Crippen molar-refractivity contribution in [2.75, 3.05) is 18.4 Å². The molecule has 0 bridgehead atoms. The quantitative estimate of drug-likeness (QED) is 0.474. The number of hydrogen-bond acceptors (Lipinski definition) is 5. The van der Waals surface area contributed by atoms with Crippen molar-refractivity contribution >= 4 is 11.7 Å². The summed E-state index contributed by atoms with van der Waals surface area (Å²) in [6.45, 7) is 0.622. The number of pyridine rings is 1. The van der Waals surface area contributed by atoms with E-state index in [2.05, 4.69) is 20.4 Å². The molecule has 3 aromatic rings. The summed E-state index contributed by atoms with van der Waals surface area (Å²) in [6.07, 6.45) is -1.00. The lowest BCUT2D eigenvalue weighted by molar-refractivity contribution is -0.330. The SMILES string of the molecule is O=C(O)c1ccncc1NC[C@H]1NCCc2cc(-c3ccccc3COC(F)(F)F)ccc21. The number of aromatic nitrogens is 1. The highest BCUT2D eigenvalue weighted by atomic mass is 19.4. The lowest BCUT2D eigenvalue weighted by Crippen LogP contribution is -2.34. The second-order valence-corrected chi connectivity index (χ2v) is 7.67. The van der Waals surface area contributed by atoms with E-state index in [1.807, 2.05) is 18.2 Å². The topological polar surface area (TPSA) is 83.5 Å². The molecule has 1 aliphatic rings. The number of nitrogens with zero attached hydrogens (tertiary/aromatic N) is 1. The Morgan fingerprint density at radius 2 is 2.03 bits per heavy atom. The molecule has 33 heavy (non-hydrogen) atoms. The monoisotopic (exact) mass is 457 g/mol. The van der Waals surface area contributed by atoms with E-state index in [1.165, 1.54) is 18.5 Å². The number of aromatic carboxylic acids is 1. The number of halogens is 3. The molecule has 1 aromatic heterocycles. The molecule has 1 aliphatic heterocycles. The van der Waals surface area contributed by atoms with E-state index < -0.39 is 18.9 Å². The molecule has 0 saturated heterocycles. The molecule has 2 aromatic carbocycles. The summed E-state index contributed by atoms with van der Waals surface area (Å²) < 4.78 is 41.7. The van der Waals surface area contributed by atoms with Gasteiger partial charge < -0.3 is 15.7 Å². The first-order valence-corrected chi connectivity index (χ1v) is 10.4. The maximum absolute atomic E-state index is 12.5. The van der Waals surface area contributed by atoms with Crippen LogP contribution in [0.25, 0.3) is 11.1 Å². The molecule has 0 amide bonds. The number of ether oxygens (including phenoxy) is 1. The minimum absolute atomic E-state index is 0.0616. The minimum atomic E-state index is -4.69. The maximum atomic E-state index is 12.5. The van der Waals surface area contributed by atoms with Crippen molar-refractivity contribution < 1.29 is 27.8 Å². The largest absolute Gasteiger partial charge is 0.522 e. The number of hydrogen-bond donors (Lipinski definition) is 3. The summed E-state index contributed by atoms with van der Waals surface area (Å²) in [5.74, 6) is -1.03. The molecule has 0 saturated carbocycles. The molecule has 9 heteroatoms. The molecule has 0 unspecified atom stereocenters. The molecule has 4 rings (SSSR count). The first-order valence-electron chi connectivity index (χ1n) is 10.4. The fourth-order valence-electron chi connectivity index (χ4n) is 4.02. The predicted molar refractivity (Wildman–Crippen MR) is 117 cm³/mol. The van der Waals surface area contributed by atoms with Crippen LogP contribution in [0.4, 0.5) is 18.9 Å². The highest BCUT2D eigenvalue weighted by molar-refractivity contribution is 5.93. The Morgan fingerprint density at radius 3 is 2.82 bits per heavy atom. The maximum Gasteiger partial charge on any atom is 0.522 e. The molecule has 0 radical (unpaired) electrons. The lowest BCUT2D eigenvalue weighted by Gasteiger charge is -2.28. The van der Waals surface area contributed by atoms with Crippen molar-refractivity contribution in [3.63, 3.8) is 0 Å². The number of alkyl halides is 3. The van der Waals surface area contributed by atoms with Gasteiger partial charge in [0.25, 0.3) is 0 Å². The summed E-state index contributed by atoms with van der Waals surface area (Å²) in [5.41, 5.74) is 4.71. The number of benzene rings is 2. The Bertz CT molecular complexity index is 1150. The second kappa shape index (κ2) is 9.60. The Labute approximate surface area is 188 Å². The fourth-order valence-corrected chi connectivity index (χ4v) is 4.02. The van der Waals surface area contributed by atoms with Gasteiger partial charge in [0, 0.05) is 18.8 Å². The van der Waals surface area contributed by atoms with E-state index in [-0.39, 0.29) is 11.6 Å². The van der Waals surface area contributed by atoms with Crippen LogP contribution < -0.4 is 10.6 Å². The van der Waals surface area contributed by atoms with Gasteiger partial charge in [-0.05, 0) is 46.8 Å². The molecule has 0 fully saturated rings. The molecule has 172 valence electrons. The fraction of sp³-hybridized carbons (Fsp3) is 0.250. The van der Waals surface area contributed by atoms with Crippen LogP contribution in [0.15, 0.2) is 60.9 Å². The molecule has 0 aliphatic carbocycles. The first kappa shape index (κ1) is 22.8. The van der Waals surface area contributed by atoms with E-state index in [0.717, 1.165) is 29.7 Å². The van der Waals surface area contributed by atoms with E-state index >= 15 is 0 Å². The average Bonchev–Trinajstić information content (AvgIpc) is 2.81. The third-order valence-electron chi connectivity index (χ3n) is 5.57. The van der Waals surface area contributed by atoms with Crippen LogP contribution in [0.1, 0.15) is 33.1 Å². The van der Waals surface area contributed by atoms with E-state index in [1.54, 1.807) is 24.3 Å². The standard InChI is InChI=1S/C24H22F3N3O3/c25-24(26,27)33-14-17-3-1-2-4-18(17)15-5-6-19-16(11-15)7-10-29-22(19)13-30-21-12-28-9-8-20(21)23(31)32/h1-6,8-9,11-12,22,29-30H,7,10,13-14H2,(H,31,32)/t22-/m1/s1. The zero-order valence-corrected chi connectivity index (χ0v) is 17.5. The van der Waals surface area contributed by atoms with Crippen LogP contribution in [0.3, 0.4) is 0 Å². The second-order valence-electron chi connectivity index (χ2n) is 7.67. The highest BCUT2D eigenvalue weighted by Crippen LogP contribution is 2.32. The van der Waals surface area contributed by atoms with Crippen LogP contribution in [-0.2, 0) is 17.8 Å². The summed E-state index contributed by atoms with van der Waals surface area (Å²) in [7, 11) is 0. The molecule has 1 atom stereocenters. The van der Waals surface area contributed by atoms with Gasteiger partial charge in [-0.2, -0.15) is 0 Å². The van der Waals surface area contributed by atoms with Crippen molar-refractivity contribution in [3.8, 4) is 11.1 Å². The van der Waals surface area contributed by atoms with Gasteiger partial charge in [-0.1, -0.05) is 42.5 Å². The molecular weight excluding hydrogens is 435 g/mol. The third kappa shape index (κ3) is 5.50. The van der Waals surface area contributed by atoms with Crippen LogP contribution >= 0.6 is 0 Å². The Balaban J connectivity index is 1.55. The Kier molecular flexibility index (Phi) is 6.62. The van der Waals surface area contributed by atoms with Crippen LogP contribution in [0.2, 0.25) is 0 Å². The van der Waals surface area contributed by atoms with E-state index in [4.69, 9.17) is 0 Å². The molecule has 2 heterocycles. The van der Waals surface area contributed by atoms with Gasteiger partial charge in [0.1, 0.15) is 0 Å². The average molecular weight is 457 g/mol. The number of rotatable bonds is 7. The number of carbonyl (C=O) groups is 1.